The summed E-state index contributed by atoms with van der Waals surface area (Å²) in [7, 11) is 0.544. The molecule has 2 aliphatic rings. The molecule has 6 nitrogen and oxygen atoms in total. The molecule has 0 aromatic heterocycles. The van der Waals surface area contributed by atoms with Crippen LogP contribution in [0.5, 0.6) is 0 Å². The van der Waals surface area contributed by atoms with Crippen LogP contribution in [0.1, 0.15) is 25.7 Å². The second-order valence-corrected chi connectivity index (χ2v) is 8.23. The Labute approximate surface area is 121 Å². The zero-order valence-corrected chi connectivity index (χ0v) is 13.4. The van der Waals surface area contributed by atoms with Gasteiger partial charge in [0, 0.05) is 19.6 Å². The maximum Gasteiger partial charge on any atom is 0.236 e. The highest BCUT2D eigenvalue weighted by molar-refractivity contribution is 7.88. The average Bonchev–Trinajstić information content (AvgIpc) is 2.71. The number of carbonyl (C=O) groups is 1. The molecule has 1 unspecified atom stereocenters. The topological polar surface area (TPSA) is 60.9 Å². The molecule has 0 saturated carbocycles. The number of hydrogen-bond donors (Lipinski definition) is 0. The van der Waals surface area contributed by atoms with Crippen molar-refractivity contribution in [3.05, 3.63) is 0 Å². The summed E-state index contributed by atoms with van der Waals surface area (Å²) in [6.45, 7) is 2.27. The normalized spacial score (nSPS) is 28.5. The lowest BCUT2D eigenvalue weighted by molar-refractivity contribution is -0.134. The van der Waals surface area contributed by atoms with E-state index in [1.165, 1.54) is 6.26 Å². The van der Waals surface area contributed by atoms with Crippen LogP contribution in [0.4, 0.5) is 0 Å². The zero-order valence-electron chi connectivity index (χ0n) is 12.6. The van der Waals surface area contributed by atoms with Gasteiger partial charge in [0.2, 0.25) is 15.9 Å². The second-order valence-electron chi connectivity index (χ2n) is 6.32. The van der Waals surface area contributed by atoms with Crippen molar-refractivity contribution >= 4 is 15.9 Å². The third kappa shape index (κ3) is 3.15. The molecule has 0 aromatic rings. The molecule has 0 N–H and O–H groups in total. The van der Waals surface area contributed by atoms with Crippen LogP contribution >= 0.6 is 0 Å². The maximum atomic E-state index is 12.2. The van der Waals surface area contributed by atoms with Gasteiger partial charge >= 0.3 is 0 Å². The number of hydrogen-bond acceptors (Lipinski definition) is 4. The molecule has 0 bridgehead atoms. The fourth-order valence-electron chi connectivity index (χ4n) is 3.53. The summed E-state index contributed by atoms with van der Waals surface area (Å²) in [5.74, 6) is 0.0921. The van der Waals surface area contributed by atoms with Crippen molar-refractivity contribution in [2.24, 2.45) is 0 Å². The minimum absolute atomic E-state index is 0.0921. The fraction of sp³-hybridized carbons (Fsp3) is 0.923. The number of amides is 1. The van der Waals surface area contributed by atoms with Crippen molar-refractivity contribution in [2.75, 3.05) is 46.5 Å². The average molecular weight is 303 g/mol. The summed E-state index contributed by atoms with van der Waals surface area (Å²) in [6.07, 6.45) is 4.78. The van der Waals surface area contributed by atoms with E-state index in [4.69, 9.17) is 0 Å². The van der Waals surface area contributed by atoms with E-state index in [0.717, 1.165) is 32.2 Å². The summed E-state index contributed by atoms with van der Waals surface area (Å²) < 4.78 is 25.6. The van der Waals surface area contributed by atoms with Crippen molar-refractivity contribution in [1.29, 1.82) is 0 Å². The minimum Gasteiger partial charge on any atom is -0.340 e. The summed E-state index contributed by atoms with van der Waals surface area (Å²) in [4.78, 5) is 15.9. The molecule has 2 heterocycles. The SMILES string of the molecule is CN(C)CC(=O)N1CCCC2(CCCN2S(C)(=O)=O)C1. The Balaban J connectivity index is 2.15. The van der Waals surface area contributed by atoms with Gasteiger partial charge < -0.3 is 9.80 Å². The predicted octanol–water partition coefficient (Wildman–Crippen LogP) is -0.0354. The van der Waals surface area contributed by atoms with Gasteiger partial charge in [0.1, 0.15) is 0 Å². The highest BCUT2D eigenvalue weighted by Gasteiger charge is 2.48. The molecule has 1 atom stereocenters. The zero-order chi connectivity index (χ0) is 15.0. The van der Waals surface area contributed by atoms with Crippen molar-refractivity contribution in [3.63, 3.8) is 0 Å². The first-order valence-electron chi connectivity index (χ1n) is 7.15. The van der Waals surface area contributed by atoms with Gasteiger partial charge in [-0.05, 0) is 39.8 Å². The molecular formula is C13H25N3O3S. The predicted molar refractivity (Wildman–Crippen MR) is 77.9 cm³/mol. The van der Waals surface area contributed by atoms with Gasteiger partial charge in [-0.3, -0.25) is 4.79 Å². The monoisotopic (exact) mass is 303 g/mol. The Morgan fingerprint density at radius 3 is 2.35 bits per heavy atom. The van der Waals surface area contributed by atoms with E-state index in [0.29, 0.717) is 19.6 Å². The molecule has 2 rings (SSSR count). The van der Waals surface area contributed by atoms with Crippen LogP contribution in [0.2, 0.25) is 0 Å². The molecule has 1 spiro atoms. The van der Waals surface area contributed by atoms with Crippen molar-refractivity contribution in [3.8, 4) is 0 Å². The molecule has 7 heteroatoms. The van der Waals surface area contributed by atoms with E-state index < -0.39 is 10.0 Å². The lowest BCUT2D eigenvalue weighted by Crippen LogP contribution is -2.58. The Morgan fingerprint density at radius 1 is 1.20 bits per heavy atom. The summed E-state index contributed by atoms with van der Waals surface area (Å²) >= 11 is 0. The van der Waals surface area contributed by atoms with E-state index in [2.05, 4.69) is 0 Å². The molecular weight excluding hydrogens is 278 g/mol. The number of likely N-dealkylation sites (N-methyl/N-ethyl adjacent to an activating group) is 1. The van der Waals surface area contributed by atoms with Crippen LogP contribution in [0, 0.1) is 0 Å². The van der Waals surface area contributed by atoms with Gasteiger partial charge in [0.25, 0.3) is 0 Å². The van der Waals surface area contributed by atoms with E-state index in [1.807, 2.05) is 23.9 Å². The lowest BCUT2D eigenvalue weighted by Gasteiger charge is -2.45. The number of sulfonamides is 1. The smallest absolute Gasteiger partial charge is 0.236 e. The highest BCUT2D eigenvalue weighted by Crippen LogP contribution is 2.38. The minimum atomic E-state index is -3.20. The van der Waals surface area contributed by atoms with Crippen LogP contribution in [-0.2, 0) is 14.8 Å². The Hall–Kier alpha value is -0.660. The van der Waals surface area contributed by atoms with Crippen molar-refractivity contribution in [1.82, 2.24) is 14.1 Å². The number of piperidine rings is 1. The number of carbonyl (C=O) groups excluding carboxylic acids is 1. The van der Waals surface area contributed by atoms with Crippen LogP contribution in [0.15, 0.2) is 0 Å². The molecule has 20 heavy (non-hydrogen) atoms. The van der Waals surface area contributed by atoms with Crippen molar-refractivity contribution in [2.45, 2.75) is 31.2 Å². The standard InChI is InChI=1S/C13H25N3O3S/c1-14(2)10-12(17)15-8-4-6-13(11-15)7-5-9-16(13)20(3,18)19/h4-11H2,1-3H3. The fourth-order valence-corrected chi connectivity index (χ4v) is 4.94. The Bertz CT molecular complexity index is 477. The molecule has 116 valence electrons. The van der Waals surface area contributed by atoms with E-state index >= 15 is 0 Å². The Kier molecular flexibility index (Phi) is 4.41. The summed E-state index contributed by atoms with van der Waals surface area (Å²) in [5.41, 5.74) is -0.353. The van der Waals surface area contributed by atoms with Crippen LogP contribution in [0.25, 0.3) is 0 Å². The highest BCUT2D eigenvalue weighted by atomic mass is 32.2. The molecule has 1 amide bonds. The van der Waals surface area contributed by atoms with Gasteiger partial charge in [0.05, 0.1) is 18.3 Å². The van der Waals surface area contributed by atoms with E-state index in [9.17, 15) is 13.2 Å². The third-order valence-electron chi connectivity index (χ3n) is 4.29. The molecule has 0 aliphatic carbocycles. The number of rotatable bonds is 3. The second kappa shape index (κ2) is 5.61. The largest absolute Gasteiger partial charge is 0.340 e. The number of likely N-dealkylation sites (tertiary alicyclic amines) is 1. The van der Waals surface area contributed by atoms with Gasteiger partial charge in [0.15, 0.2) is 0 Å². The first-order valence-corrected chi connectivity index (χ1v) is 9.00. The van der Waals surface area contributed by atoms with Crippen LogP contribution in [0.3, 0.4) is 0 Å². The van der Waals surface area contributed by atoms with Crippen LogP contribution in [-0.4, -0.2) is 80.5 Å². The van der Waals surface area contributed by atoms with Gasteiger partial charge in [-0.25, -0.2) is 8.42 Å². The first kappa shape index (κ1) is 15.7. The van der Waals surface area contributed by atoms with Gasteiger partial charge in [-0.2, -0.15) is 4.31 Å². The van der Waals surface area contributed by atoms with Crippen LogP contribution < -0.4 is 0 Å². The first-order chi connectivity index (χ1) is 9.24. The molecule has 2 saturated heterocycles. The number of nitrogens with zero attached hydrogens (tertiary/aromatic N) is 3. The lowest BCUT2D eigenvalue weighted by atomic mass is 9.87. The summed E-state index contributed by atoms with van der Waals surface area (Å²) in [5, 5.41) is 0. The summed E-state index contributed by atoms with van der Waals surface area (Å²) in [6, 6.07) is 0. The Morgan fingerprint density at radius 2 is 1.80 bits per heavy atom. The van der Waals surface area contributed by atoms with Gasteiger partial charge in [-0.15, -0.1) is 0 Å². The maximum absolute atomic E-state index is 12.2. The quantitative estimate of drug-likeness (QED) is 0.734. The van der Waals surface area contributed by atoms with E-state index in [1.54, 1.807) is 4.31 Å². The van der Waals surface area contributed by atoms with E-state index in [-0.39, 0.29) is 11.4 Å². The molecule has 2 fully saturated rings. The molecule has 0 aromatic carbocycles. The molecule has 2 aliphatic heterocycles. The molecule has 0 radical (unpaired) electrons. The van der Waals surface area contributed by atoms with Crippen molar-refractivity contribution < 1.29 is 13.2 Å². The van der Waals surface area contributed by atoms with Gasteiger partial charge in [-0.1, -0.05) is 0 Å². The third-order valence-corrected chi connectivity index (χ3v) is 5.66.